The molecule has 3 nitrogen and oxygen atoms in total. The maximum atomic E-state index is 12.0. The second-order valence-corrected chi connectivity index (χ2v) is 3.33. The normalized spacial score (nSPS) is 10.3. The highest BCUT2D eigenvalue weighted by molar-refractivity contribution is 6.34. The lowest BCUT2D eigenvalue weighted by Gasteiger charge is -2.09. The van der Waals surface area contributed by atoms with E-state index in [1.165, 1.54) is 6.92 Å². The van der Waals surface area contributed by atoms with Gasteiger partial charge in [-0.3, -0.25) is 9.59 Å². The highest BCUT2D eigenvalue weighted by Gasteiger charge is 2.15. The Morgan fingerprint density at radius 3 is 2.56 bits per heavy atom. The molecule has 6 heteroatoms. The molecule has 0 fully saturated rings. The molecule has 0 saturated carbocycles. The van der Waals surface area contributed by atoms with Crippen LogP contribution >= 0.6 is 11.6 Å². The lowest BCUT2D eigenvalue weighted by atomic mass is 10.1. The summed E-state index contributed by atoms with van der Waals surface area (Å²) >= 11 is 5.68. The summed E-state index contributed by atoms with van der Waals surface area (Å²) in [7, 11) is 0. The molecule has 1 aromatic carbocycles. The number of alkyl halides is 2. The van der Waals surface area contributed by atoms with Crippen molar-refractivity contribution in [3.05, 3.63) is 28.3 Å². The molecule has 0 aromatic heterocycles. The summed E-state index contributed by atoms with van der Waals surface area (Å²) < 4.78 is 28.1. The number of aldehydes is 1. The van der Waals surface area contributed by atoms with Gasteiger partial charge in [-0.05, 0) is 13.0 Å². The number of hydrogen-bond donors (Lipinski definition) is 0. The molecule has 0 spiro atoms. The van der Waals surface area contributed by atoms with Crippen LogP contribution in [0.2, 0.25) is 5.02 Å². The summed E-state index contributed by atoms with van der Waals surface area (Å²) in [6.07, 6.45) is 0.320. The molecule has 16 heavy (non-hydrogen) atoms. The van der Waals surface area contributed by atoms with Gasteiger partial charge in [0.1, 0.15) is 5.75 Å². The van der Waals surface area contributed by atoms with Gasteiger partial charge >= 0.3 is 6.61 Å². The predicted molar refractivity (Wildman–Crippen MR) is 53.5 cm³/mol. The van der Waals surface area contributed by atoms with Gasteiger partial charge in [0.2, 0.25) is 0 Å². The number of halogens is 3. The molecular formula is C10H7ClF2O3. The highest BCUT2D eigenvalue weighted by Crippen LogP contribution is 2.27. The van der Waals surface area contributed by atoms with Gasteiger partial charge in [-0.1, -0.05) is 11.6 Å². The van der Waals surface area contributed by atoms with Crippen LogP contribution in [-0.4, -0.2) is 18.7 Å². The number of carbonyl (C=O) groups is 2. The topological polar surface area (TPSA) is 43.4 Å². The van der Waals surface area contributed by atoms with E-state index in [1.807, 2.05) is 0 Å². The van der Waals surface area contributed by atoms with Crippen LogP contribution < -0.4 is 4.74 Å². The molecular weight excluding hydrogens is 242 g/mol. The van der Waals surface area contributed by atoms with E-state index in [2.05, 4.69) is 4.74 Å². The Bertz CT molecular complexity index is 432. The third-order valence-corrected chi connectivity index (χ3v) is 2.13. The fourth-order valence-corrected chi connectivity index (χ4v) is 1.42. The Kier molecular flexibility index (Phi) is 3.95. The predicted octanol–water partition coefficient (Wildman–Crippen LogP) is 2.96. The summed E-state index contributed by atoms with van der Waals surface area (Å²) in [6, 6.07) is 2.14. The third kappa shape index (κ3) is 2.76. The minimum absolute atomic E-state index is 0.0336. The van der Waals surface area contributed by atoms with Crippen LogP contribution in [0.5, 0.6) is 5.75 Å². The molecule has 86 valence electrons. The van der Waals surface area contributed by atoms with E-state index in [9.17, 15) is 18.4 Å². The van der Waals surface area contributed by atoms with Crippen molar-refractivity contribution in [2.75, 3.05) is 0 Å². The molecule has 0 aliphatic heterocycles. The summed E-state index contributed by atoms with van der Waals surface area (Å²) in [5.41, 5.74) is -0.0553. The first kappa shape index (κ1) is 12.6. The van der Waals surface area contributed by atoms with Crippen molar-refractivity contribution < 1.29 is 23.1 Å². The average Bonchev–Trinajstić information content (AvgIpc) is 2.16. The highest BCUT2D eigenvalue weighted by atomic mass is 35.5. The summed E-state index contributed by atoms with van der Waals surface area (Å²) in [6.45, 7) is -1.80. The molecule has 0 bridgehead atoms. The van der Waals surface area contributed by atoms with Crippen LogP contribution in [0, 0.1) is 0 Å². The molecule has 0 unspecified atom stereocenters. The molecule has 1 rings (SSSR count). The van der Waals surface area contributed by atoms with Gasteiger partial charge in [-0.15, -0.1) is 0 Å². The minimum Gasteiger partial charge on any atom is -0.434 e. The van der Waals surface area contributed by atoms with Gasteiger partial charge < -0.3 is 4.74 Å². The van der Waals surface area contributed by atoms with Crippen LogP contribution in [0.4, 0.5) is 8.78 Å². The molecule has 0 heterocycles. The standard InChI is InChI=1S/C10H7ClF2O3/c1-5(15)7-2-6(4-14)9(3-8(7)11)16-10(12)13/h2-4,10H,1H3. The number of rotatable bonds is 4. The molecule has 0 N–H and O–H groups in total. The van der Waals surface area contributed by atoms with Crippen molar-refractivity contribution in [2.24, 2.45) is 0 Å². The Morgan fingerprint density at radius 1 is 1.50 bits per heavy atom. The van der Waals surface area contributed by atoms with E-state index in [0.717, 1.165) is 12.1 Å². The van der Waals surface area contributed by atoms with Gasteiger partial charge in [0.25, 0.3) is 0 Å². The number of ketones is 1. The van der Waals surface area contributed by atoms with Crippen LogP contribution in [0.25, 0.3) is 0 Å². The lowest BCUT2D eigenvalue weighted by Crippen LogP contribution is -2.06. The lowest BCUT2D eigenvalue weighted by molar-refractivity contribution is -0.0500. The Balaban J connectivity index is 3.26. The molecule has 0 amide bonds. The van der Waals surface area contributed by atoms with Crippen LogP contribution in [0.1, 0.15) is 27.6 Å². The van der Waals surface area contributed by atoms with Gasteiger partial charge in [0.15, 0.2) is 12.1 Å². The van der Waals surface area contributed by atoms with Gasteiger partial charge in [0.05, 0.1) is 10.6 Å². The maximum Gasteiger partial charge on any atom is 0.387 e. The molecule has 0 atom stereocenters. The number of Topliss-reactive ketones (excluding diaryl/α,β-unsaturated/α-hetero) is 1. The Morgan fingerprint density at radius 2 is 2.12 bits per heavy atom. The smallest absolute Gasteiger partial charge is 0.387 e. The number of benzene rings is 1. The first-order chi connectivity index (χ1) is 7.45. The first-order valence-corrected chi connectivity index (χ1v) is 4.58. The van der Waals surface area contributed by atoms with Crippen molar-refractivity contribution in [1.82, 2.24) is 0 Å². The maximum absolute atomic E-state index is 12.0. The van der Waals surface area contributed by atoms with Crippen molar-refractivity contribution >= 4 is 23.7 Å². The van der Waals surface area contributed by atoms with E-state index in [1.54, 1.807) is 0 Å². The number of ether oxygens (including phenoxy) is 1. The molecule has 0 aliphatic carbocycles. The Hall–Kier alpha value is -1.49. The van der Waals surface area contributed by atoms with Crippen LogP contribution in [0.15, 0.2) is 12.1 Å². The average molecular weight is 249 g/mol. The second-order valence-electron chi connectivity index (χ2n) is 2.92. The zero-order chi connectivity index (χ0) is 12.3. The summed E-state index contributed by atoms with van der Waals surface area (Å²) in [4.78, 5) is 21.7. The van der Waals surface area contributed by atoms with Crippen molar-refractivity contribution in [3.8, 4) is 5.75 Å². The molecule has 0 aliphatic rings. The summed E-state index contributed by atoms with van der Waals surface area (Å²) in [5, 5.41) is -0.0336. The molecule has 0 radical (unpaired) electrons. The SMILES string of the molecule is CC(=O)c1cc(C=O)c(OC(F)F)cc1Cl. The largest absolute Gasteiger partial charge is 0.434 e. The molecule has 1 aromatic rings. The zero-order valence-corrected chi connectivity index (χ0v) is 8.92. The van der Waals surface area contributed by atoms with E-state index >= 15 is 0 Å². The van der Waals surface area contributed by atoms with E-state index in [0.29, 0.717) is 6.29 Å². The minimum atomic E-state index is -3.06. The van der Waals surface area contributed by atoms with Crippen LogP contribution in [-0.2, 0) is 0 Å². The third-order valence-electron chi connectivity index (χ3n) is 1.82. The Labute approximate surface area is 95.0 Å². The number of carbonyl (C=O) groups excluding carboxylic acids is 2. The van der Waals surface area contributed by atoms with E-state index in [4.69, 9.17) is 11.6 Å². The monoisotopic (exact) mass is 248 g/mol. The zero-order valence-electron chi connectivity index (χ0n) is 8.17. The van der Waals surface area contributed by atoms with E-state index in [-0.39, 0.29) is 27.7 Å². The van der Waals surface area contributed by atoms with Crippen molar-refractivity contribution in [2.45, 2.75) is 13.5 Å². The molecule has 0 saturated heterocycles. The van der Waals surface area contributed by atoms with Gasteiger partial charge in [-0.2, -0.15) is 8.78 Å². The fourth-order valence-electron chi connectivity index (χ4n) is 1.13. The van der Waals surface area contributed by atoms with Crippen molar-refractivity contribution in [1.29, 1.82) is 0 Å². The van der Waals surface area contributed by atoms with Crippen LogP contribution in [0.3, 0.4) is 0 Å². The second kappa shape index (κ2) is 5.03. The fraction of sp³-hybridized carbons (Fsp3) is 0.200. The van der Waals surface area contributed by atoms with Gasteiger partial charge in [0, 0.05) is 11.6 Å². The van der Waals surface area contributed by atoms with Crippen molar-refractivity contribution in [3.63, 3.8) is 0 Å². The van der Waals surface area contributed by atoms with Gasteiger partial charge in [-0.25, -0.2) is 0 Å². The van der Waals surface area contributed by atoms with E-state index < -0.39 is 6.61 Å². The first-order valence-electron chi connectivity index (χ1n) is 4.20. The quantitative estimate of drug-likeness (QED) is 0.608. The summed E-state index contributed by atoms with van der Waals surface area (Å²) in [5.74, 6) is -0.711. The number of hydrogen-bond acceptors (Lipinski definition) is 3.